The first kappa shape index (κ1) is 11.2. The molecule has 0 amide bonds. The third-order valence-electron chi connectivity index (χ3n) is 1.73. The van der Waals surface area contributed by atoms with E-state index in [0.717, 1.165) is 11.3 Å². The molecule has 15 heavy (non-hydrogen) atoms. The van der Waals surface area contributed by atoms with Crippen LogP contribution >= 0.6 is 0 Å². The largest absolute Gasteiger partial charge is 0.432 e. The Hall–Kier alpha value is -1.84. The molecule has 2 N–H and O–H groups in total. The number of oxazole rings is 1. The van der Waals surface area contributed by atoms with Crippen LogP contribution in [0.3, 0.4) is 0 Å². The number of aromatic nitrogens is 2. The van der Waals surface area contributed by atoms with Gasteiger partial charge < -0.3 is 10.2 Å². The van der Waals surface area contributed by atoms with Crippen molar-refractivity contribution < 1.29 is 4.42 Å². The fourth-order valence-electron chi connectivity index (χ4n) is 1.04. The van der Waals surface area contributed by atoms with Crippen LogP contribution in [0, 0.1) is 6.92 Å². The highest BCUT2D eigenvalue weighted by Gasteiger charge is 2.02. The van der Waals surface area contributed by atoms with Crippen molar-refractivity contribution >= 4 is 6.01 Å². The molecule has 4 heteroatoms. The number of rotatable bonds is 1. The molecule has 0 saturated carbocycles. The van der Waals surface area contributed by atoms with Gasteiger partial charge in [-0.05, 0) is 19.1 Å². The van der Waals surface area contributed by atoms with E-state index in [0.29, 0.717) is 5.69 Å². The van der Waals surface area contributed by atoms with E-state index >= 15 is 0 Å². The maximum atomic E-state index is 5.35. The number of nitrogens with two attached hydrogens (primary N) is 1. The predicted octanol–water partition coefficient (Wildman–Crippen LogP) is 2.65. The number of anilines is 1. The lowest BCUT2D eigenvalue weighted by molar-refractivity contribution is 0.581. The number of nitrogens with zero attached hydrogens (tertiary/aromatic N) is 2. The molecule has 0 aromatic carbocycles. The van der Waals surface area contributed by atoms with E-state index < -0.39 is 0 Å². The summed E-state index contributed by atoms with van der Waals surface area (Å²) in [6, 6.07) is 4.02. The Balaban J connectivity index is 0.000000531. The molecule has 0 aliphatic rings. The quantitative estimate of drug-likeness (QED) is 0.777. The Bertz CT molecular complexity index is 406. The van der Waals surface area contributed by atoms with Crippen molar-refractivity contribution in [1.82, 2.24) is 9.97 Å². The fourth-order valence-corrected chi connectivity index (χ4v) is 1.04. The molecule has 0 aliphatic carbocycles. The van der Waals surface area contributed by atoms with E-state index in [-0.39, 0.29) is 6.01 Å². The van der Waals surface area contributed by atoms with Crippen LogP contribution in [0.1, 0.15) is 19.5 Å². The second kappa shape index (κ2) is 5.14. The number of pyridine rings is 1. The molecule has 0 fully saturated rings. The van der Waals surface area contributed by atoms with Gasteiger partial charge in [-0.1, -0.05) is 13.8 Å². The SMILES string of the molecule is CC.Cc1ccc(-c2coc(N)n2)cn1. The van der Waals surface area contributed by atoms with Crippen LogP contribution in [0.2, 0.25) is 0 Å². The molecule has 2 heterocycles. The standard InChI is InChI=1S/C9H9N3O.C2H6/c1-6-2-3-7(4-11-6)8-5-13-9(10)12-8;1-2/h2-5H,1H3,(H2,10,12);1-2H3. The molecule has 2 aromatic heterocycles. The first-order valence-corrected chi connectivity index (χ1v) is 4.90. The molecule has 0 saturated heterocycles. The Morgan fingerprint density at radius 3 is 2.47 bits per heavy atom. The van der Waals surface area contributed by atoms with E-state index in [1.807, 2.05) is 32.9 Å². The van der Waals surface area contributed by atoms with Gasteiger partial charge in [0.2, 0.25) is 0 Å². The topological polar surface area (TPSA) is 64.9 Å². The van der Waals surface area contributed by atoms with Crippen molar-refractivity contribution in [3.8, 4) is 11.3 Å². The lowest BCUT2D eigenvalue weighted by Crippen LogP contribution is -1.85. The number of hydrogen-bond acceptors (Lipinski definition) is 4. The highest BCUT2D eigenvalue weighted by Crippen LogP contribution is 2.18. The third-order valence-corrected chi connectivity index (χ3v) is 1.73. The van der Waals surface area contributed by atoms with E-state index in [1.54, 1.807) is 6.20 Å². The zero-order valence-corrected chi connectivity index (χ0v) is 9.19. The minimum absolute atomic E-state index is 0.176. The van der Waals surface area contributed by atoms with Crippen LogP contribution < -0.4 is 5.73 Å². The smallest absolute Gasteiger partial charge is 0.292 e. The summed E-state index contributed by atoms with van der Waals surface area (Å²) in [6.07, 6.45) is 3.26. The summed E-state index contributed by atoms with van der Waals surface area (Å²) in [5, 5.41) is 0. The van der Waals surface area contributed by atoms with Gasteiger partial charge in [0.15, 0.2) is 0 Å². The second-order valence-electron chi connectivity index (χ2n) is 2.76. The summed E-state index contributed by atoms with van der Waals surface area (Å²) in [5.41, 5.74) is 7.94. The lowest BCUT2D eigenvalue weighted by Gasteiger charge is -1.94. The van der Waals surface area contributed by atoms with Gasteiger partial charge in [0, 0.05) is 17.5 Å². The van der Waals surface area contributed by atoms with Gasteiger partial charge in [-0.25, -0.2) is 0 Å². The van der Waals surface area contributed by atoms with Gasteiger partial charge in [0.1, 0.15) is 12.0 Å². The molecule has 0 atom stereocenters. The van der Waals surface area contributed by atoms with Crippen LogP contribution in [0.25, 0.3) is 11.3 Å². The van der Waals surface area contributed by atoms with Crippen LogP contribution in [-0.2, 0) is 0 Å². The van der Waals surface area contributed by atoms with Crippen molar-refractivity contribution in [2.24, 2.45) is 0 Å². The normalized spacial score (nSPS) is 9.27. The average molecular weight is 205 g/mol. The summed E-state index contributed by atoms with van der Waals surface area (Å²) in [6.45, 7) is 5.93. The second-order valence-corrected chi connectivity index (χ2v) is 2.76. The maximum Gasteiger partial charge on any atom is 0.292 e. The van der Waals surface area contributed by atoms with E-state index in [1.165, 1.54) is 6.26 Å². The molecule has 0 unspecified atom stereocenters. The molecular formula is C11H15N3O. The van der Waals surface area contributed by atoms with Gasteiger partial charge in [0.05, 0.1) is 0 Å². The minimum Gasteiger partial charge on any atom is -0.432 e. The molecule has 0 radical (unpaired) electrons. The number of aryl methyl sites for hydroxylation is 1. The average Bonchev–Trinajstić information content (AvgIpc) is 2.69. The lowest BCUT2D eigenvalue weighted by atomic mass is 10.2. The maximum absolute atomic E-state index is 5.35. The summed E-state index contributed by atoms with van der Waals surface area (Å²) < 4.78 is 4.89. The zero-order chi connectivity index (χ0) is 11.3. The summed E-state index contributed by atoms with van der Waals surface area (Å²) in [4.78, 5) is 8.12. The van der Waals surface area contributed by atoms with Crippen LogP contribution in [-0.4, -0.2) is 9.97 Å². The zero-order valence-electron chi connectivity index (χ0n) is 9.19. The van der Waals surface area contributed by atoms with Gasteiger partial charge in [-0.2, -0.15) is 4.98 Å². The number of nitrogen functional groups attached to an aromatic ring is 1. The molecule has 2 rings (SSSR count). The molecule has 0 aliphatic heterocycles. The van der Waals surface area contributed by atoms with E-state index in [2.05, 4.69) is 9.97 Å². The van der Waals surface area contributed by atoms with Crippen LogP contribution in [0.15, 0.2) is 29.0 Å². The Kier molecular flexibility index (Phi) is 3.85. The summed E-state index contributed by atoms with van der Waals surface area (Å²) >= 11 is 0. The molecule has 2 aromatic rings. The first-order valence-electron chi connectivity index (χ1n) is 4.90. The minimum atomic E-state index is 0.176. The molecule has 0 spiro atoms. The fraction of sp³-hybridized carbons (Fsp3) is 0.273. The van der Waals surface area contributed by atoms with E-state index in [9.17, 15) is 0 Å². The molecule has 0 bridgehead atoms. The Morgan fingerprint density at radius 1 is 1.27 bits per heavy atom. The van der Waals surface area contributed by atoms with Crippen molar-refractivity contribution in [2.75, 3.05) is 5.73 Å². The molecule has 4 nitrogen and oxygen atoms in total. The summed E-state index contributed by atoms with van der Waals surface area (Å²) in [5.74, 6) is 0. The first-order chi connectivity index (χ1) is 7.25. The highest BCUT2D eigenvalue weighted by molar-refractivity contribution is 5.57. The monoisotopic (exact) mass is 205 g/mol. The van der Waals surface area contributed by atoms with Gasteiger partial charge in [-0.15, -0.1) is 0 Å². The van der Waals surface area contributed by atoms with E-state index in [4.69, 9.17) is 10.2 Å². The predicted molar refractivity (Wildman–Crippen MR) is 60.2 cm³/mol. The summed E-state index contributed by atoms with van der Waals surface area (Å²) in [7, 11) is 0. The van der Waals surface area contributed by atoms with Gasteiger partial charge in [0.25, 0.3) is 6.01 Å². The molecular weight excluding hydrogens is 190 g/mol. The van der Waals surface area contributed by atoms with Gasteiger partial charge in [-0.3, -0.25) is 4.98 Å². The van der Waals surface area contributed by atoms with Gasteiger partial charge >= 0.3 is 0 Å². The van der Waals surface area contributed by atoms with Crippen molar-refractivity contribution in [3.05, 3.63) is 30.3 Å². The number of hydrogen-bond donors (Lipinski definition) is 1. The highest BCUT2D eigenvalue weighted by atomic mass is 16.4. The van der Waals surface area contributed by atoms with Crippen molar-refractivity contribution in [3.63, 3.8) is 0 Å². The van der Waals surface area contributed by atoms with Crippen LogP contribution in [0.5, 0.6) is 0 Å². The Morgan fingerprint density at radius 2 is 2.00 bits per heavy atom. The van der Waals surface area contributed by atoms with Crippen LogP contribution in [0.4, 0.5) is 6.01 Å². The Labute approximate surface area is 89.2 Å². The third kappa shape index (κ3) is 2.80. The molecule has 80 valence electrons. The van der Waals surface area contributed by atoms with Crippen molar-refractivity contribution in [1.29, 1.82) is 0 Å². The van der Waals surface area contributed by atoms with Crippen molar-refractivity contribution in [2.45, 2.75) is 20.8 Å².